The van der Waals surface area contributed by atoms with Gasteiger partial charge in [0.15, 0.2) is 11.9 Å². The molecule has 6 unspecified atom stereocenters. The van der Waals surface area contributed by atoms with Crippen LogP contribution in [0.1, 0.15) is 58.6 Å². The molecule has 6 atom stereocenters. The van der Waals surface area contributed by atoms with E-state index in [0.717, 1.165) is 24.2 Å². The number of halogens is 2. The van der Waals surface area contributed by atoms with Crippen molar-refractivity contribution in [3.8, 4) is 0 Å². The molecule has 1 aliphatic carbocycles. The van der Waals surface area contributed by atoms with Crippen molar-refractivity contribution < 1.29 is 24.1 Å². The molecule has 2 amide bonds. The zero-order valence-electron chi connectivity index (χ0n) is 24.1. The van der Waals surface area contributed by atoms with Crippen molar-refractivity contribution in [2.45, 2.75) is 64.4 Å². The maximum atomic E-state index is 14.4. The van der Waals surface area contributed by atoms with Crippen LogP contribution in [0.4, 0.5) is 11.4 Å². The zero-order valence-corrected chi connectivity index (χ0v) is 26.4. The second-order valence-electron chi connectivity index (χ2n) is 12.7. The Morgan fingerprint density at radius 3 is 2.49 bits per heavy atom. The lowest BCUT2D eigenvalue weighted by atomic mass is 9.68. The van der Waals surface area contributed by atoms with Crippen LogP contribution < -0.4 is 5.06 Å². The van der Waals surface area contributed by atoms with Crippen LogP contribution in [-0.2, 0) is 19.2 Å². The third-order valence-electron chi connectivity index (χ3n) is 9.15. The van der Waals surface area contributed by atoms with E-state index in [1.807, 2.05) is 0 Å². The highest BCUT2D eigenvalue weighted by Crippen LogP contribution is 2.57. The molecule has 9 nitrogen and oxygen atoms in total. The number of anilines is 1. The second kappa shape index (κ2) is 10.9. The Labute approximate surface area is 263 Å². The highest BCUT2D eigenvalue weighted by atomic mass is 35.5. The summed E-state index contributed by atoms with van der Waals surface area (Å²) >= 11 is 14.3. The number of imide groups is 1. The van der Waals surface area contributed by atoms with E-state index >= 15 is 0 Å². The lowest BCUT2D eigenvalue weighted by Crippen LogP contribution is -2.36. The van der Waals surface area contributed by atoms with Crippen LogP contribution in [0.5, 0.6) is 0 Å². The monoisotopic (exact) mass is 643 g/mol. The number of Topliss-reactive ketones (excluding diaryl/α,β-unsaturated/α-hetero) is 1. The van der Waals surface area contributed by atoms with E-state index in [9.17, 15) is 24.5 Å². The molecular formula is C31H31Cl2N3O6S. The van der Waals surface area contributed by atoms with Gasteiger partial charge in [-0.05, 0) is 61.3 Å². The van der Waals surface area contributed by atoms with Gasteiger partial charge in [-0.3, -0.25) is 29.3 Å². The molecular weight excluding hydrogens is 613 g/mol. The van der Waals surface area contributed by atoms with E-state index in [-0.39, 0.29) is 33.1 Å². The minimum Gasteiger partial charge on any atom is -0.295 e. The van der Waals surface area contributed by atoms with Gasteiger partial charge in [-0.1, -0.05) is 56.1 Å². The molecule has 0 aromatic heterocycles. The third-order valence-corrected chi connectivity index (χ3v) is 11.2. The number of rotatable bonds is 5. The minimum atomic E-state index is -1.21. The Hall–Kier alpha value is -2.92. The SMILES string of the molecule is CC(=O)C1=C(N2C(=O)C3ON(c4cccc([N+](=O)[O-])c4)C(c4ccc(Cl)cc4Cl)C3C2=O)SC2CC(C(C)(C)C)CCC12. The van der Waals surface area contributed by atoms with Crippen LogP contribution in [0.15, 0.2) is 53.1 Å². The van der Waals surface area contributed by atoms with Crippen molar-refractivity contribution in [1.82, 2.24) is 4.90 Å². The predicted octanol–water partition coefficient (Wildman–Crippen LogP) is 7.13. The molecule has 4 aliphatic rings. The number of ketones is 1. The van der Waals surface area contributed by atoms with Crippen molar-refractivity contribution in [3.63, 3.8) is 0 Å². The van der Waals surface area contributed by atoms with Crippen molar-refractivity contribution >= 4 is 63.9 Å². The van der Waals surface area contributed by atoms with E-state index < -0.39 is 34.8 Å². The Morgan fingerprint density at radius 1 is 1.09 bits per heavy atom. The fourth-order valence-electron chi connectivity index (χ4n) is 6.97. The number of fused-ring (bicyclic) bond motifs is 2. The van der Waals surface area contributed by atoms with Crippen molar-refractivity contribution in [1.29, 1.82) is 0 Å². The summed E-state index contributed by atoms with van der Waals surface area (Å²) < 4.78 is 0. The average Bonchev–Trinajstić information content (AvgIpc) is 3.58. The van der Waals surface area contributed by atoms with Gasteiger partial charge in [0.1, 0.15) is 5.92 Å². The molecule has 2 saturated heterocycles. The molecule has 6 rings (SSSR count). The molecule has 12 heteroatoms. The van der Waals surface area contributed by atoms with Crippen molar-refractivity contribution in [2.75, 3.05) is 5.06 Å². The second-order valence-corrected chi connectivity index (χ2v) is 14.8. The average molecular weight is 645 g/mol. The van der Waals surface area contributed by atoms with Crippen LogP contribution >= 0.6 is 35.0 Å². The number of nitro benzene ring substituents is 1. The number of nitro groups is 1. The summed E-state index contributed by atoms with van der Waals surface area (Å²) in [6.45, 7) is 8.16. The first-order valence-electron chi connectivity index (χ1n) is 14.2. The first kappa shape index (κ1) is 30.1. The molecule has 3 aliphatic heterocycles. The Balaban J connectivity index is 1.40. The highest BCUT2D eigenvalue weighted by Gasteiger charge is 2.62. The summed E-state index contributed by atoms with van der Waals surface area (Å²) in [5, 5.41) is 14.0. The number of nitrogens with zero attached hydrogens (tertiary/aromatic N) is 3. The Kier molecular flexibility index (Phi) is 7.64. The van der Waals surface area contributed by atoms with Crippen LogP contribution in [0.3, 0.4) is 0 Å². The van der Waals surface area contributed by atoms with Gasteiger partial charge in [-0.2, -0.15) is 0 Å². The number of hydrogen-bond acceptors (Lipinski definition) is 8. The molecule has 2 aromatic carbocycles. The topological polar surface area (TPSA) is 110 Å². The summed E-state index contributed by atoms with van der Waals surface area (Å²) in [5.74, 6) is -1.78. The van der Waals surface area contributed by atoms with Gasteiger partial charge in [0.25, 0.3) is 11.6 Å². The largest absolute Gasteiger partial charge is 0.295 e. The van der Waals surface area contributed by atoms with Crippen LogP contribution in [0.2, 0.25) is 10.0 Å². The number of carbonyl (C=O) groups excluding carboxylic acids is 3. The van der Waals surface area contributed by atoms with Crippen LogP contribution in [-0.4, -0.2) is 38.8 Å². The standard InChI is InChI=1S/C31H31Cl2N3O6S/c1-15(37)24-21-10-8-16(31(2,3)4)12-23(21)43-30(24)34-28(38)25-26(20-11-9-17(32)13-22(20)33)35(42-27(25)29(34)39)18-6-5-7-19(14-18)36(40)41/h5-7,9,11,13-14,16,21,23,25-27H,8,10,12H2,1-4H3. The lowest BCUT2D eigenvalue weighted by Gasteiger charge is -2.39. The molecule has 1 saturated carbocycles. The van der Waals surface area contributed by atoms with Gasteiger partial charge < -0.3 is 0 Å². The molecule has 0 radical (unpaired) electrons. The minimum absolute atomic E-state index is 0.0269. The number of non-ortho nitro benzene ring substituents is 1. The lowest BCUT2D eigenvalue weighted by molar-refractivity contribution is -0.384. The third kappa shape index (κ3) is 5.06. The summed E-state index contributed by atoms with van der Waals surface area (Å²) in [4.78, 5) is 59.8. The number of carbonyl (C=O) groups is 3. The van der Waals surface area contributed by atoms with E-state index in [0.29, 0.717) is 32.8 Å². The highest BCUT2D eigenvalue weighted by molar-refractivity contribution is 8.04. The smallest absolute Gasteiger partial charge is 0.271 e. The molecule has 3 heterocycles. The number of benzene rings is 2. The number of hydroxylamine groups is 1. The maximum absolute atomic E-state index is 14.4. The number of likely N-dealkylation sites (tertiary alicyclic amines) is 1. The van der Waals surface area contributed by atoms with E-state index in [1.165, 1.54) is 48.0 Å². The fraction of sp³-hybridized carbons (Fsp3) is 0.452. The van der Waals surface area contributed by atoms with Gasteiger partial charge in [0, 0.05) is 38.9 Å². The number of allylic oxidation sites excluding steroid dienone is 1. The normalized spacial score (nSPS) is 28.9. The summed E-state index contributed by atoms with van der Waals surface area (Å²) in [5.41, 5.74) is 1.25. The van der Waals surface area contributed by atoms with Gasteiger partial charge in [-0.25, -0.2) is 9.96 Å². The van der Waals surface area contributed by atoms with Crippen molar-refractivity contribution in [2.24, 2.45) is 23.2 Å². The molecule has 0 N–H and O–H groups in total. The van der Waals surface area contributed by atoms with Crippen LogP contribution in [0.25, 0.3) is 0 Å². The zero-order chi connectivity index (χ0) is 31.0. The summed E-state index contributed by atoms with van der Waals surface area (Å²) in [6, 6.07) is 9.72. The van der Waals surface area contributed by atoms with Gasteiger partial charge >= 0.3 is 0 Å². The maximum Gasteiger partial charge on any atom is 0.271 e. The predicted molar refractivity (Wildman–Crippen MR) is 164 cm³/mol. The number of amides is 2. The first-order valence-corrected chi connectivity index (χ1v) is 15.9. The van der Waals surface area contributed by atoms with Crippen molar-refractivity contribution in [3.05, 3.63) is 78.8 Å². The van der Waals surface area contributed by atoms with E-state index in [2.05, 4.69) is 20.8 Å². The van der Waals surface area contributed by atoms with Gasteiger partial charge in [0.05, 0.1) is 21.7 Å². The summed E-state index contributed by atoms with van der Waals surface area (Å²) in [6.07, 6.45) is 1.47. The first-order chi connectivity index (χ1) is 20.3. The molecule has 226 valence electrons. The fourth-order valence-corrected chi connectivity index (χ4v) is 9.25. The molecule has 3 fully saturated rings. The number of thioether (sulfide) groups is 1. The molecule has 0 spiro atoms. The Bertz CT molecular complexity index is 1590. The quantitative estimate of drug-likeness (QED) is 0.192. The number of hydrogen-bond donors (Lipinski definition) is 0. The Morgan fingerprint density at radius 2 is 1.84 bits per heavy atom. The summed E-state index contributed by atoms with van der Waals surface area (Å²) in [7, 11) is 0. The van der Waals surface area contributed by atoms with E-state index in [4.69, 9.17) is 28.0 Å². The molecule has 0 bridgehead atoms. The van der Waals surface area contributed by atoms with E-state index in [1.54, 1.807) is 18.2 Å². The van der Waals surface area contributed by atoms with Crippen LogP contribution in [0, 0.1) is 33.3 Å². The molecule has 43 heavy (non-hydrogen) atoms. The molecule has 2 aromatic rings. The van der Waals surface area contributed by atoms with Gasteiger partial charge in [-0.15, -0.1) is 11.8 Å². The van der Waals surface area contributed by atoms with Gasteiger partial charge in [0.2, 0.25) is 5.91 Å².